The number of ether oxygens (including phenoxy) is 1. The van der Waals surface area contributed by atoms with Crippen molar-refractivity contribution in [3.05, 3.63) is 103 Å². The summed E-state index contributed by atoms with van der Waals surface area (Å²) in [5.41, 5.74) is 6.92. The summed E-state index contributed by atoms with van der Waals surface area (Å²) in [5, 5.41) is 4.32. The van der Waals surface area contributed by atoms with Crippen molar-refractivity contribution in [3.8, 4) is 23.0 Å². The number of rotatable bonds is 10. The van der Waals surface area contributed by atoms with Gasteiger partial charge in [-0.05, 0) is 106 Å². The highest BCUT2D eigenvalue weighted by atomic mass is 16.6. The van der Waals surface area contributed by atoms with Gasteiger partial charge in [0.25, 0.3) is 0 Å². The maximum absolute atomic E-state index is 6.13. The van der Waals surface area contributed by atoms with E-state index in [0.29, 0.717) is 12.5 Å². The maximum Gasteiger partial charge on any atom is 0.164 e. The van der Waals surface area contributed by atoms with Gasteiger partial charge in [0.2, 0.25) is 0 Å². The van der Waals surface area contributed by atoms with Gasteiger partial charge in [0.1, 0.15) is 24.3 Å². The van der Waals surface area contributed by atoms with E-state index in [4.69, 9.17) is 14.6 Å². The number of fused-ring (bicyclic) bond motifs is 1. The summed E-state index contributed by atoms with van der Waals surface area (Å²) < 4.78 is 8.30. The van der Waals surface area contributed by atoms with Crippen LogP contribution < -0.4 is 4.74 Å². The second-order valence-corrected chi connectivity index (χ2v) is 10.7. The monoisotopic (exact) mass is 560 g/mol. The third kappa shape index (κ3) is 6.19. The molecule has 42 heavy (non-hydrogen) atoms. The minimum atomic E-state index is 0.362. The summed E-state index contributed by atoms with van der Waals surface area (Å²) in [4.78, 5) is 21.6. The average molecular weight is 561 g/mol. The molecule has 4 heterocycles. The zero-order valence-electron chi connectivity index (χ0n) is 24.2. The molecule has 0 atom stereocenters. The van der Waals surface area contributed by atoms with Crippen LogP contribution >= 0.6 is 0 Å². The Morgan fingerprint density at radius 3 is 2.43 bits per heavy atom. The number of hydrogen-bond donors (Lipinski definition) is 0. The van der Waals surface area contributed by atoms with Crippen LogP contribution in [-0.2, 0) is 4.84 Å². The summed E-state index contributed by atoms with van der Waals surface area (Å²) in [7, 11) is 1.60. The Morgan fingerprint density at radius 1 is 0.929 bits per heavy atom. The van der Waals surface area contributed by atoms with Crippen LogP contribution in [0.5, 0.6) is 5.75 Å². The minimum absolute atomic E-state index is 0.362. The Kier molecular flexibility index (Phi) is 8.51. The third-order valence-electron chi connectivity index (χ3n) is 7.78. The maximum atomic E-state index is 6.13. The average Bonchev–Trinajstić information content (AvgIpc) is 3.42. The van der Waals surface area contributed by atoms with Crippen LogP contribution in [-0.4, -0.2) is 63.5 Å². The molecule has 1 fully saturated rings. The lowest BCUT2D eigenvalue weighted by Crippen LogP contribution is -2.37. The van der Waals surface area contributed by atoms with E-state index >= 15 is 0 Å². The molecular weight excluding hydrogens is 524 g/mol. The van der Waals surface area contributed by atoms with Crippen LogP contribution in [0.1, 0.15) is 30.5 Å². The Hall–Kier alpha value is -4.56. The van der Waals surface area contributed by atoms with E-state index in [1.165, 1.54) is 5.56 Å². The van der Waals surface area contributed by atoms with E-state index in [0.717, 1.165) is 84.3 Å². The van der Waals surface area contributed by atoms with Crippen molar-refractivity contribution in [1.29, 1.82) is 0 Å². The minimum Gasteiger partial charge on any atom is -0.494 e. The second-order valence-electron chi connectivity index (χ2n) is 10.7. The van der Waals surface area contributed by atoms with Gasteiger partial charge < -0.3 is 14.5 Å². The predicted molar refractivity (Wildman–Crippen MR) is 166 cm³/mol. The SMILES string of the molecule is CON=C(c1ccccn1)C1CCN(CCCOc2ccc(-n3c(-c4ccccn4)nc4cc(C)ccc43)cc2)CC1. The molecule has 0 bridgehead atoms. The van der Waals surface area contributed by atoms with Crippen LogP contribution in [0, 0.1) is 12.8 Å². The van der Waals surface area contributed by atoms with E-state index in [9.17, 15) is 0 Å². The number of hydrogen-bond acceptors (Lipinski definition) is 7. The van der Waals surface area contributed by atoms with Gasteiger partial charge in [-0.1, -0.05) is 23.4 Å². The lowest BCUT2D eigenvalue weighted by atomic mass is 9.90. The number of piperidine rings is 1. The zero-order chi connectivity index (χ0) is 28.7. The number of pyridine rings is 2. The Bertz CT molecular complexity index is 1630. The van der Waals surface area contributed by atoms with Crippen LogP contribution in [0.2, 0.25) is 0 Å². The highest BCUT2D eigenvalue weighted by Crippen LogP contribution is 2.29. The lowest BCUT2D eigenvalue weighted by molar-refractivity contribution is 0.183. The van der Waals surface area contributed by atoms with Crippen molar-refractivity contribution < 1.29 is 9.57 Å². The molecule has 0 amide bonds. The van der Waals surface area contributed by atoms with Gasteiger partial charge in [-0.2, -0.15) is 0 Å². The van der Waals surface area contributed by atoms with Crippen molar-refractivity contribution in [2.75, 3.05) is 33.4 Å². The van der Waals surface area contributed by atoms with Gasteiger partial charge in [0.05, 0.1) is 23.3 Å². The van der Waals surface area contributed by atoms with E-state index in [1.54, 1.807) is 13.3 Å². The van der Waals surface area contributed by atoms with Crippen LogP contribution in [0.25, 0.3) is 28.2 Å². The van der Waals surface area contributed by atoms with E-state index in [-0.39, 0.29) is 0 Å². The van der Waals surface area contributed by atoms with Crippen LogP contribution in [0.15, 0.2) is 96.4 Å². The van der Waals surface area contributed by atoms with E-state index in [2.05, 4.69) is 61.8 Å². The number of aryl methyl sites for hydroxylation is 1. The van der Waals surface area contributed by atoms with Crippen LogP contribution in [0.3, 0.4) is 0 Å². The number of imidazole rings is 1. The molecule has 0 aliphatic carbocycles. The molecule has 0 N–H and O–H groups in total. The lowest BCUT2D eigenvalue weighted by Gasteiger charge is -2.32. The fourth-order valence-electron chi connectivity index (χ4n) is 5.66. The number of aromatic nitrogens is 4. The summed E-state index contributed by atoms with van der Waals surface area (Å²) in [6.45, 7) is 5.84. The normalized spacial score (nSPS) is 14.8. The van der Waals surface area contributed by atoms with Gasteiger partial charge in [-0.3, -0.25) is 14.5 Å². The van der Waals surface area contributed by atoms with Gasteiger partial charge in [0.15, 0.2) is 5.82 Å². The van der Waals surface area contributed by atoms with Crippen LogP contribution in [0.4, 0.5) is 0 Å². The molecule has 0 unspecified atom stereocenters. The van der Waals surface area contributed by atoms with Gasteiger partial charge >= 0.3 is 0 Å². The highest BCUT2D eigenvalue weighted by Gasteiger charge is 2.25. The fraction of sp³-hybridized carbons (Fsp3) is 0.294. The standard InChI is InChI=1S/C34H36N6O2/c1-25-10-15-32-31(24-25)37-34(30-9-4-6-19-36-30)40(32)27-11-13-28(14-12-27)42-23-7-20-39-21-16-26(17-22-39)33(38-41-2)29-8-3-5-18-35-29/h3-6,8-15,18-19,24,26H,7,16-17,20-23H2,1-2H3. The fourth-order valence-corrected chi connectivity index (χ4v) is 5.66. The largest absolute Gasteiger partial charge is 0.494 e. The molecule has 0 spiro atoms. The summed E-state index contributed by atoms with van der Waals surface area (Å²) in [5.74, 6) is 2.06. The molecule has 5 aromatic rings. The first-order valence-corrected chi connectivity index (χ1v) is 14.6. The second kappa shape index (κ2) is 13.0. The molecule has 1 saturated heterocycles. The molecule has 214 valence electrons. The molecule has 0 saturated carbocycles. The Morgan fingerprint density at radius 2 is 1.71 bits per heavy atom. The highest BCUT2D eigenvalue weighted by molar-refractivity contribution is 6.00. The van der Waals surface area contributed by atoms with Gasteiger partial charge in [-0.25, -0.2) is 4.98 Å². The summed E-state index contributed by atoms with van der Waals surface area (Å²) >= 11 is 0. The third-order valence-corrected chi connectivity index (χ3v) is 7.78. The number of nitrogens with zero attached hydrogens (tertiary/aromatic N) is 6. The smallest absolute Gasteiger partial charge is 0.164 e. The van der Waals surface area contributed by atoms with Crippen molar-refractivity contribution in [2.45, 2.75) is 26.2 Å². The van der Waals surface area contributed by atoms with Crippen molar-refractivity contribution >= 4 is 16.7 Å². The molecule has 0 radical (unpaired) electrons. The molecule has 1 aliphatic heterocycles. The first-order valence-electron chi connectivity index (χ1n) is 14.6. The Balaban J connectivity index is 1.04. The quantitative estimate of drug-likeness (QED) is 0.113. The molecule has 8 nitrogen and oxygen atoms in total. The summed E-state index contributed by atoms with van der Waals surface area (Å²) in [6, 6.07) is 26.5. The molecule has 1 aliphatic rings. The Labute approximate surface area is 246 Å². The molecular formula is C34H36N6O2. The van der Waals surface area contributed by atoms with Crippen molar-refractivity contribution in [3.63, 3.8) is 0 Å². The zero-order valence-corrected chi connectivity index (χ0v) is 24.2. The number of oxime groups is 1. The van der Waals surface area contributed by atoms with E-state index in [1.807, 2.05) is 54.7 Å². The number of benzene rings is 2. The van der Waals surface area contributed by atoms with Crippen molar-refractivity contribution in [2.24, 2.45) is 11.1 Å². The molecule has 6 rings (SSSR count). The molecule has 8 heteroatoms. The predicted octanol–water partition coefficient (Wildman–Crippen LogP) is 6.32. The topological polar surface area (TPSA) is 77.7 Å². The number of likely N-dealkylation sites (tertiary alicyclic amines) is 1. The van der Waals surface area contributed by atoms with E-state index < -0.39 is 0 Å². The van der Waals surface area contributed by atoms with Gasteiger partial charge in [0, 0.05) is 30.5 Å². The molecule has 2 aromatic carbocycles. The summed E-state index contributed by atoms with van der Waals surface area (Å²) in [6.07, 6.45) is 6.68. The first kappa shape index (κ1) is 27.6. The van der Waals surface area contributed by atoms with Crippen molar-refractivity contribution in [1.82, 2.24) is 24.4 Å². The first-order chi connectivity index (χ1) is 20.7. The van der Waals surface area contributed by atoms with Gasteiger partial charge in [-0.15, -0.1) is 0 Å². The molecule has 3 aromatic heterocycles.